The van der Waals surface area contributed by atoms with E-state index in [1.807, 2.05) is 37.3 Å². The third-order valence-corrected chi connectivity index (χ3v) is 5.96. The molecule has 2 aromatic rings. The fourth-order valence-electron chi connectivity index (χ4n) is 4.62. The molecule has 2 aliphatic rings. The molecule has 0 radical (unpaired) electrons. The smallest absolute Gasteiger partial charge is 0.253 e. The first-order valence-electron chi connectivity index (χ1n) is 10.2. The average molecular weight is 380 g/mol. The highest BCUT2D eigenvalue weighted by Crippen LogP contribution is 2.38. The Morgan fingerprint density at radius 2 is 2.11 bits per heavy atom. The van der Waals surface area contributed by atoms with Crippen LogP contribution in [0.5, 0.6) is 0 Å². The first-order chi connectivity index (χ1) is 13.6. The Labute approximate surface area is 167 Å². The number of benzene rings is 1. The third kappa shape index (κ3) is 3.87. The number of likely N-dealkylation sites (tertiary alicyclic amines) is 2. The summed E-state index contributed by atoms with van der Waals surface area (Å²) >= 11 is 0. The molecule has 2 fully saturated rings. The minimum Gasteiger partial charge on any atom is -0.370 e. The Morgan fingerprint density at radius 1 is 1.21 bits per heavy atom. The zero-order valence-electron chi connectivity index (χ0n) is 16.8. The fraction of sp³-hybridized carbons (Fsp3) is 0.500. The Kier molecular flexibility index (Phi) is 5.31. The van der Waals surface area contributed by atoms with Crippen molar-refractivity contribution in [3.8, 4) is 11.4 Å². The van der Waals surface area contributed by atoms with Gasteiger partial charge in [0.2, 0.25) is 0 Å². The number of carbonyl (C=O) groups is 1. The summed E-state index contributed by atoms with van der Waals surface area (Å²) < 4.78 is 0. The molecule has 28 heavy (non-hydrogen) atoms. The minimum absolute atomic E-state index is 0.123. The summed E-state index contributed by atoms with van der Waals surface area (Å²) in [6.07, 6.45) is 5.26. The maximum atomic E-state index is 13.2. The van der Waals surface area contributed by atoms with Gasteiger partial charge in [-0.15, -0.1) is 0 Å². The molecule has 4 rings (SSSR count). The number of nitrogens with zero attached hydrogens (tertiary/aromatic N) is 4. The van der Waals surface area contributed by atoms with Crippen molar-refractivity contribution in [3.63, 3.8) is 0 Å². The van der Waals surface area contributed by atoms with Gasteiger partial charge in [0, 0.05) is 48.9 Å². The number of hydrogen-bond donors (Lipinski definition) is 1. The molecule has 1 aromatic carbocycles. The van der Waals surface area contributed by atoms with Crippen molar-refractivity contribution in [2.24, 2.45) is 5.41 Å². The van der Waals surface area contributed by atoms with Gasteiger partial charge in [-0.1, -0.05) is 12.1 Å². The van der Waals surface area contributed by atoms with Crippen LogP contribution in [0.4, 0.5) is 5.82 Å². The number of amides is 1. The van der Waals surface area contributed by atoms with Crippen LogP contribution in [0.25, 0.3) is 11.4 Å². The second-order valence-electron chi connectivity index (χ2n) is 8.19. The SMILES string of the molecule is CCNc1ccnc(-c2cccc(C(=O)N3CCC[C@]4(CCN(C)C4)C3)c2)n1. The largest absolute Gasteiger partial charge is 0.370 e. The van der Waals surface area contributed by atoms with E-state index in [4.69, 9.17) is 0 Å². The lowest BCUT2D eigenvalue weighted by Crippen LogP contribution is -2.47. The molecular formula is C22H29N5O. The van der Waals surface area contributed by atoms with Crippen molar-refractivity contribution < 1.29 is 4.79 Å². The van der Waals surface area contributed by atoms with E-state index in [1.54, 1.807) is 6.20 Å². The number of carbonyl (C=O) groups excluding carboxylic acids is 1. The van der Waals surface area contributed by atoms with Crippen molar-refractivity contribution in [1.29, 1.82) is 0 Å². The molecule has 3 heterocycles. The van der Waals surface area contributed by atoms with Gasteiger partial charge in [-0.2, -0.15) is 0 Å². The Bertz CT molecular complexity index is 850. The molecule has 6 nitrogen and oxygen atoms in total. The van der Waals surface area contributed by atoms with Crippen LogP contribution < -0.4 is 5.32 Å². The number of aromatic nitrogens is 2. The highest BCUT2D eigenvalue weighted by Gasteiger charge is 2.41. The maximum absolute atomic E-state index is 13.2. The zero-order valence-corrected chi connectivity index (χ0v) is 16.8. The summed E-state index contributed by atoms with van der Waals surface area (Å²) in [7, 11) is 2.18. The van der Waals surface area contributed by atoms with Gasteiger partial charge in [0.25, 0.3) is 5.91 Å². The number of nitrogens with one attached hydrogen (secondary N) is 1. The molecule has 1 aromatic heterocycles. The zero-order chi connectivity index (χ0) is 19.6. The van der Waals surface area contributed by atoms with Gasteiger partial charge in [-0.25, -0.2) is 9.97 Å². The predicted octanol–water partition coefficient (Wildman–Crippen LogP) is 3.13. The molecule has 0 aliphatic carbocycles. The lowest BCUT2D eigenvalue weighted by Gasteiger charge is -2.40. The van der Waals surface area contributed by atoms with Crippen LogP contribution in [0.1, 0.15) is 36.5 Å². The molecule has 1 N–H and O–H groups in total. The second-order valence-corrected chi connectivity index (χ2v) is 8.19. The summed E-state index contributed by atoms with van der Waals surface area (Å²) in [4.78, 5) is 26.6. The molecule has 1 spiro atoms. The van der Waals surface area contributed by atoms with Gasteiger partial charge in [0.1, 0.15) is 5.82 Å². The lowest BCUT2D eigenvalue weighted by molar-refractivity contribution is 0.0534. The molecule has 148 valence electrons. The van der Waals surface area contributed by atoms with E-state index in [1.165, 1.54) is 12.8 Å². The third-order valence-electron chi connectivity index (χ3n) is 5.96. The van der Waals surface area contributed by atoms with E-state index in [0.29, 0.717) is 5.82 Å². The van der Waals surface area contributed by atoms with Crippen molar-refractivity contribution in [1.82, 2.24) is 19.8 Å². The van der Waals surface area contributed by atoms with Crippen molar-refractivity contribution in [2.45, 2.75) is 26.2 Å². The monoisotopic (exact) mass is 379 g/mol. The van der Waals surface area contributed by atoms with Gasteiger partial charge in [-0.3, -0.25) is 4.79 Å². The predicted molar refractivity (Wildman–Crippen MR) is 111 cm³/mol. The van der Waals surface area contributed by atoms with Crippen LogP contribution in [0.15, 0.2) is 36.5 Å². The van der Waals surface area contributed by atoms with Crippen LogP contribution in [-0.2, 0) is 0 Å². The Balaban J connectivity index is 1.54. The molecule has 0 saturated carbocycles. The molecule has 2 saturated heterocycles. The molecule has 1 atom stereocenters. The molecule has 1 amide bonds. The van der Waals surface area contributed by atoms with Gasteiger partial charge in [0.05, 0.1) is 0 Å². The Morgan fingerprint density at radius 3 is 2.89 bits per heavy atom. The van der Waals surface area contributed by atoms with Crippen LogP contribution >= 0.6 is 0 Å². The van der Waals surface area contributed by atoms with Crippen LogP contribution in [0.3, 0.4) is 0 Å². The van der Waals surface area contributed by atoms with E-state index >= 15 is 0 Å². The number of anilines is 1. The topological polar surface area (TPSA) is 61.4 Å². The Hall–Kier alpha value is -2.47. The van der Waals surface area contributed by atoms with Crippen molar-refractivity contribution in [2.75, 3.05) is 45.1 Å². The second kappa shape index (κ2) is 7.87. The highest BCUT2D eigenvalue weighted by molar-refractivity contribution is 5.95. The summed E-state index contributed by atoms with van der Waals surface area (Å²) in [5.41, 5.74) is 1.88. The summed E-state index contributed by atoms with van der Waals surface area (Å²) in [5.74, 6) is 1.56. The van der Waals surface area contributed by atoms with Gasteiger partial charge in [-0.05, 0) is 58.0 Å². The highest BCUT2D eigenvalue weighted by atomic mass is 16.2. The van der Waals surface area contributed by atoms with Crippen LogP contribution in [-0.4, -0.2) is 65.4 Å². The summed E-state index contributed by atoms with van der Waals surface area (Å²) in [6.45, 7) is 6.79. The van der Waals surface area contributed by atoms with E-state index < -0.39 is 0 Å². The van der Waals surface area contributed by atoms with Gasteiger partial charge >= 0.3 is 0 Å². The molecule has 2 aliphatic heterocycles. The first-order valence-corrected chi connectivity index (χ1v) is 10.2. The fourth-order valence-corrected chi connectivity index (χ4v) is 4.62. The van der Waals surface area contributed by atoms with Crippen molar-refractivity contribution in [3.05, 3.63) is 42.1 Å². The minimum atomic E-state index is 0.123. The van der Waals surface area contributed by atoms with E-state index in [2.05, 4.69) is 32.1 Å². The number of rotatable bonds is 4. The van der Waals surface area contributed by atoms with Gasteiger partial charge in [0.15, 0.2) is 5.82 Å². The van der Waals surface area contributed by atoms with E-state index in [-0.39, 0.29) is 11.3 Å². The average Bonchev–Trinajstić information content (AvgIpc) is 3.07. The summed E-state index contributed by atoms with van der Waals surface area (Å²) in [5, 5.41) is 3.21. The number of piperidine rings is 1. The van der Waals surface area contributed by atoms with Crippen LogP contribution in [0, 0.1) is 5.41 Å². The van der Waals surface area contributed by atoms with Gasteiger partial charge < -0.3 is 15.1 Å². The maximum Gasteiger partial charge on any atom is 0.253 e. The van der Waals surface area contributed by atoms with Crippen LogP contribution in [0.2, 0.25) is 0 Å². The molecule has 0 bridgehead atoms. The lowest BCUT2D eigenvalue weighted by atomic mass is 9.79. The van der Waals surface area contributed by atoms with E-state index in [0.717, 1.165) is 56.1 Å². The quantitative estimate of drug-likeness (QED) is 0.884. The standard InChI is InChI=1S/C22H29N5O/c1-3-23-19-8-11-24-20(25-19)17-6-4-7-18(14-17)21(28)27-12-5-9-22(16-27)10-13-26(2)15-22/h4,6-8,11,14H,3,5,9-10,12-13,15-16H2,1-2H3,(H,23,24,25)/t22-/m1/s1. The molecule has 0 unspecified atom stereocenters. The number of hydrogen-bond acceptors (Lipinski definition) is 5. The molecular weight excluding hydrogens is 350 g/mol. The normalized spacial score (nSPS) is 22.6. The summed E-state index contributed by atoms with van der Waals surface area (Å²) in [6, 6.07) is 9.58. The first kappa shape index (κ1) is 18.9. The van der Waals surface area contributed by atoms with E-state index in [9.17, 15) is 4.79 Å². The molecule has 6 heteroatoms. The van der Waals surface area contributed by atoms with Crippen molar-refractivity contribution >= 4 is 11.7 Å².